The molecule has 8 heteroatoms. The Labute approximate surface area is 233 Å². The number of nitrogens with zero attached hydrogens (tertiary/aromatic N) is 2. The van der Waals surface area contributed by atoms with E-state index >= 15 is 0 Å². The predicted octanol–water partition coefficient (Wildman–Crippen LogP) is 3.12. The predicted molar refractivity (Wildman–Crippen MR) is 144 cm³/mol. The number of hydrogen-bond acceptors (Lipinski definition) is 6. The van der Waals surface area contributed by atoms with Crippen molar-refractivity contribution < 1.29 is 28.7 Å². The van der Waals surface area contributed by atoms with Crippen molar-refractivity contribution in [3.63, 3.8) is 0 Å². The third kappa shape index (κ3) is 2.55. The summed E-state index contributed by atoms with van der Waals surface area (Å²) < 4.78 is 11.7. The molecule has 2 aliphatic carbocycles. The lowest BCUT2D eigenvalue weighted by Crippen LogP contribution is -3.03. The third-order valence-corrected chi connectivity index (χ3v) is 10.7. The van der Waals surface area contributed by atoms with Crippen LogP contribution in [0, 0.1) is 22.7 Å². The lowest BCUT2D eigenvalue weighted by Gasteiger charge is -2.90. The van der Waals surface area contributed by atoms with Crippen molar-refractivity contribution >= 4 is 23.8 Å². The molecular weight excluding hydrogens is 508 g/mol. The Kier molecular flexibility index (Phi) is 5.32. The first-order valence-corrected chi connectivity index (χ1v) is 14.3. The molecule has 0 radical (unpaired) electrons. The summed E-state index contributed by atoms with van der Waals surface area (Å²) in [5.74, 6) is -2.34. The Hall–Kier alpha value is -3.68. The standard InChI is InChI=1S/C32H34N2O6/c1-5-39-29(37)31-23(19-13-9-7-10-14-19)21-27-32(30(38)40-6-2)24(20-15-11-8-12-16-20)22(25(31)33(27)17(3)35)26(31)34(18(4)36)28(21)32/h7-16,21-28H,5-6H2,1-4H3. The topological polar surface area (TPSA) is 93.2 Å². The molecule has 6 aliphatic rings. The van der Waals surface area contributed by atoms with Crippen LogP contribution in [0.2, 0.25) is 0 Å². The van der Waals surface area contributed by atoms with Crippen molar-refractivity contribution in [3.05, 3.63) is 71.8 Å². The van der Waals surface area contributed by atoms with Crippen LogP contribution in [0.25, 0.3) is 0 Å². The molecule has 2 amide bonds. The summed E-state index contributed by atoms with van der Waals surface area (Å²) in [6.45, 7) is 7.00. The zero-order chi connectivity index (χ0) is 28.1. The summed E-state index contributed by atoms with van der Waals surface area (Å²) in [5, 5.41) is 0. The molecule has 8 rings (SSSR count). The molecule has 6 unspecified atom stereocenters. The van der Waals surface area contributed by atoms with E-state index in [1.807, 2.05) is 70.5 Å². The Morgan fingerprint density at radius 2 is 0.950 bits per heavy atom. The smallest absolute Gasteiger partial charge is 0.316 e. The molecule has 208 valence electrons. The van der Waals surface area contributed by atoms with Gasteiger partial charge in [-0.25, -0.2) is 0 Å². The molecule has 2 aromatic rings. The fraction of sp³-hybridized carbons (Fsp3) is 0.500. The molecule has 6 atom stereocenters. The average molecular weight is 543 g/mol. The van der Waals surface area contributed by atoms with Gasteiger partial charge in [0.1, 0.15) is 10.8 Å². The lowest BCUT2D eigenvalue weighted by molar-refractivity contribution is -0.384. The van der Waals surface area contributed by atoms with Crippen LogP contribution in [0.4, 0.5) is 0 Å². The molecule has 40 heavy (non-hydrogen) atoms. The van der Waals surface area contributed by atoms with E-state index in [1.165, 1.54) is 13.8 Å². The number of carbonyl (C=O) groups excluding carboxylic acids is 4. The summed E-state index contributed by atoms with van der Waals surface area (Å²) in [7, 11) is 0. The summed E-state index contributed by atoms with van der Waals surface area (Å²) >= 11 is 0. The quantitative estimate of drug-likeness (QED) is 0.521. The van der Waals surface area contributed by atoms with Gasteiger partial charge in [0.15, 0.2) is 0 Å². The molecule has 0 N–H and O–H groups in total. The van der Waals surface area contributed by atoms with Crippen molar-refractivity contribution in [1.82, 2.24) is 9.80 Å². The molecular formula is C32H34N2O6. The average Bonchev–Trinajstić information content (AvgIpc) is 2.91. The van der Waals surface area contributed by atoms with Gasteiger partial charge in [-0.2, -0.15) is 0 Å². The van der Waals surface area contributed by atoms with Gasteiger partial charge >= 0.3 is 11.9 Å². The van der Waals surface area contributed by atoms with Crippen LogP contribution >= 0.6 is 0 Å². The van der Waals surface area contributed by atoms with Gasteiger partial charge in [0.25, 0.3) is 0 Å². The number of benzene rings is 2. The molecule has 0 spiro atoms. The molecule has 4 saturated heterocycles. The number of amides is 2. The number of ether oxygens (including phenoxy) is 2. The fourth-order valence-electron chi connectivity index (χ4n) is 10.2. The molecule has 0 aromatic heterocycles. The van der Waals surface area contributed by atoms with E-state index in [4.69, 9.17) is 9.47 Å². The fourth-order valence-corrected chi connectivity index (χ4v) is 10.2. The van der Waals surface area contributed by atoms with E-state index in [1.54, 1.807) is 13.8 Å². The van der Waals surface area contributed by atoms with Gasteiger partial charge in [0.2, 0.25) is 11.8 Å². The first-order valence-electron chi connectivity index (χ1n) is 14.3. The van der Waals surface area contributed by atoms with Gasteiger partial charge < -0.3 is 19.3 Å². The lowest BCUT2D eigenvalue weighted by atomic mass is 9.23. The van der Waals surface area contributed by atoms with Crippen LogP contribution in [-0.2, 0) is 28.7 Å². The number of esters is 2. The van der Waals surface area contributed by atoms with Crippen molar-refractivity contribution in [3.8, 4) is 0 Å². The van der Waals surface area contributed by atoms with Gasteiger partial charge in [0.05, 0.1) is 37.4 Å². The molecule has 8 nitrogen and oxygen atoms in total. The zero-order valence-electron chi connectivity index (χ0n) is 23.2. The second-order valence-corrected chi connectivity index (χ2v) is 11.9. The Bertz CT molecular complexity index is 1280. The van der Waals surface area contributed by atoms with E-state index in [9.17, 15) is 19.2 Å². The summed E-state index contributed by atoms with van der Waals surface area (Å²) in [5.41, 5.74) is -0.312. The highest BCUT2D eigenvalue weighted by Crippen LogP contribution is 2.85. The van der Waals surface area contributed by atoms with Crippen molar-refractivity contribution in [2.45, 2.75) is 63.7 Å². The van der Waals surface area contributed by atoms with Crippen LogP contribution in [-0.4, -0.2) is 70.9 Å². The SMILES string of the molecule is CCOC(=O)C12C(c3ccccc3)C3C4N(C(C)=O)C1C1C(c5ccccc5)C4(C(=O)OCC)C3N(C(C)=O)C12. The molecule has 8 bridgehead atoms. The van der Waals surface area contributed by atoms with Crippen LogP contribution < -0.4 is 0 Å². The highest BCUT2D eigenvalue weighted by molar-refractivity contribution is 5.95. The molecule has 2 aromatic carbocycles. The minimum Gasteiger partial charge on any atom is -0.465 e. The number of rotatable bonds is 6. The van der Waals surface area contributed by atoms with E-state index in [-0.39, 0.29) is 60.6 Å². The van der Waals surface area contributed by atoms with Gasteiger partial charge in [-0.05, 0) is 25.0 Å². The second kappa shape index (κ2) is 8.41. The second-order valence-electron chi connectivity index (χ2n) is 11.9. The van der Waals surface area contributed by atoms with E-state index in [2.05, 4.69) is 0 Å². The number of hydrogen-bond donors (Lipinski definition) is 0. The maximum atomic E-state index is 14.3. The van der Waals surface area contributed by atoms with Gasteiger partial charge in [0, 0.05) is 37.5 Å². The first kappa shape index (κ1) is 25.3. The summed E-state index contributed by atoms with van der Waals surface area (Å²) in [6.07, 6.45) is 0. The van der Waals surface area contributed by atoms with Gasteiger partial charge in [-0.3, -0.25) is 19.2 Å². The number of piperidine rings is 4. The van der Waals surface area contributed by atoms with Crippen molar-refractivity contribution in [1.29, 1.82) is 0 Å². The van der Waals surface area contributed by atoms with Crippen LogP contribution in [0.1, 0.15) is 50.7 Å². The Morgan fingerprint density at radius 1 is 0.625 bits per heavy atom. The van der Waals surface area contributed by atoms with Crippen LogP contribution in [0.3, 0.4) is 0 Å². The third-order valence-electron chi connectivity index (χ3n) is 10.7. The highest BCUT2D eigenvalue weighted by Gasteiger charge is 2.96. The first-order chi connectivity index (χ1) is 19.3. The van der Waals surface area contributed by atoms with E-state index in [0.29, 0.717) is 0 Å². The molecule has 6 fully saturated rings. The van der Waals surface area contributed by atoms with Crippen LogP contribution in [0.5, 0.6) is 0 Å². The summed E-state index contributed by atoms with van der Waals surface area (Å²) in [4.78, 5) is 59.5. The maximum Gasteiger partial charge on any atom is 0.316 e. The zero-order valence-corrected chi connectivity index (χ0v) is 23.2. The van der Waals surface area contributed by atoms with E-state index in [0.717, 1.165) is 11.1 Å². The minimum atomic E-state index is -1.13. The Morgan fingerprint density at radius 3 is 1.23 bits per heavy atom. The van der Waals surface area contributed by atoms with Gasteiger partial charge in [-0.15, -0.1) is 0 Å². The highest BCUT2D eigenvalue weighted by atomic mass is 16.5. The molecule has 4 aliphatic heterocycles. The van der Waals surface area contributed by atoms with Gasteiger partial charge in [-0.1, -0.05) is 60.7 Å². The minimum absolute atomic E-state index is 0.168. The summed E-state index contributed by atoms with van der Waals surface area (Å²) in [6, 6.07) is 17.7. The normalized spacial score (nSPS) is 39.2. The Balaban J connectivity index is 1.56. The number of carbonyl (C=O) groups is 4. The molecule has 4 heterocycles. The van der Waals surface area contributed by atoms with E-state index < -0.39 is 35.0 Å². The van der Waals surface area contributed by atoms with Crippen molar-refractivity contribution in [2.24, 2.45) is 22.7 Å². The monoisotopic (exact) mass is 542 g/mol. The van der Waals surface area contributed by atoms with Crippen molar-refractivity contribution in [2.75, 3.05) is 13.2 Å². The largest absolute Gasteiger partial charge is 0.465 e. The van der Waals surface area contributed by atoms with Crippen LogP contribution in [0.15, 0.2) is 60.7 Å². The maximum absolute atomic E-state index is 14.3. The molecule has 2 saturated carbocycles.